The van der Waals surface area contributed by atoms with E-state index in [1.54, 1.807) is 6.07 Å². The molecule has 21 heavy (non-hydrogen) atoms. The first-order valence-electron chi connectivity index (χ1n) is 6.52. The summed E-state index contributed by atoms with van der Waals surface area (Å²) in [6, 6.07) is 2.89. The highest BCUT2D eigenvalue weighted by Gasteiger charge is 2.31. The lowest BCUT2D eigenvalue weighted by atomic mass is 10.3. The molecule has 1 aromatic rings. The minimum atomic E-state index is -0.928. The molecule has 2 rings (SSSR count). The Morgan fingerprint density at radius 2 is 2.38 bits per heavy atom. The Morgan fingerprint density at radius 3 is 2.95 bits per heavy atom. The van der Waals surface area contributed by atoms with E-state index in [-0.39, 0.29) is 22.6 Å². The van der Waals surface area contributed by atoms with Crippen LogP contribution in [0.1, 0.15) is 24.8 Å². The minimum Gasteiger partial charge on any atom is -0.465 e. The minimum absolute atomic E-state index is 0.0227. The second kappa shape index (κ2) is 6.59. The van der Waals surface area contributed by atoms with Crippen LogP contribution in [0.4, 0.5) is 15.0 Å². The molecule has 1 aromatic heterocycles. The van der Waals surface area contributed by atoms with Crippen molar-refractivity contribution in [2.24, 2.45) is 0 Å². The fourth-order valence-corrected chi connectivity index (χ4v) is 2.13. The van der Waals surface area contributed by atoms with Crippen molar-refractivity contribution in [3.8, 4) is 6.07 Å². The van der Waals surface area contributed by atoms with Gasteiger partial charge >= 0.3 is 6.09 Å². The number of anilines is 1. The number of carboxylic acid groups (broad SMARTS) is 1. The normalized spacial score (nSPS) is 13.6. The number of amides is 1. The molecule has 0 atom stereocenters. The summed E-state index contributed by atoms with van der Waals surface area (Å²) in [4.78, 5) is 16.2. The van der Waals surface area contributed by atoms with Gasteiger partial charge in [0.25, 0.3) is 0 Å². The van der Waals surface area contributed by atoms with Gasteiger partial charge in [0, 0.05) is 19.1 Å². The number of nitriles is 1. The molecule has 0 saturated heterocycles. The van der Waals surface area contributed by atoms with Gasteiger partial charge in [0.1, 0.15) is 11.2 Å². The second-order valence-corrected chi connectivity index (χ2v) is 5.11. The standard InChI is InChI=1S/C13H14ClFN4O2/c14-11-8(7-16)6-10(15)12(18-11)17-4-1-5-19(13(20)21)9-2-3-9/h6,9H,1-5H2,(H,17,18)(H,20,21). The van der Waals surface area contributed by atoms with Crippen molar-refractivity contribution in [1.29, 1.82) is 5.26 Å². The summed E-state index contributed by atoms with van der Waals surface area (Å²) >= 11 is 5.73. The van der Waals surface area contributed by atoms with Gasteiger partial charge in [-0.1, -0.05) is 11.6 Å². The van der Waals surface area contributed by atoms with Gasteiger partial charge in [-0.05, 0) is 25.3 Å². The molecule has 6 nitrogen and oxygen atoms in total. The molecule has 0 aromatic carbocycles. The summed E-state index contributed by atoms with van der Waals surface area (Å²) in [7, 11) is 0. The first-order chi connectivity index (χ1) is 10.0. The Bertz CT molecular complexity index is 586. The summed E-state index contributed by atoms with van der Waals surface area (Å²) in [6.45, 7) is 0.751. The molecule has 0 unspecified atom stereocenters. The Hall–Kier alpha value is -2.07. The van der Waals surface area contributed by atoms with Crippen molar-refractivity contribution in [1.82, 2.24) is 9.88 Å². The van der Waals surface area contributed by atoms with Crippen molar-refractivity contribution >= 4 is 23.5 Å². The Morgan fingerprint density at radius 1 is 1.67 bits per heavy atom. The molecular weight excluding hydrogens is 299 g/mol. The van der Waals surface area contributed by atoms with E-state index in [0.29, 0.717) is 19.5 Å². The van der Waals surface area contributed by atoms with Crippen LogP contribution in [-0.4, -0.2) is 40.2 Å². The van der Waals surface area contributed by atoms with Gasteiger partial charge in [-0.2, -0.15) is 5.26 Å². The van der Waals surface area contributed by atoms with Crippen molar-refractivity contribution in [2.75, 3.05) is 18.4 Å². The zero-order valence-electron chi connectivity index (χ0n) is 11.1. The van der Waals surface area contributed by atoms with Gasteiger partial charge in [0.15, 0.2) is 11.6 Å². The summed E-state index contributed by atoms with van der Waals surface area (Å²) in [5.41, 5.74) is -0.0227. The van der Waals surface area contributed by atoms with Crippen molar-refractivity contribution < 1.29 is 14.3 Å². The fourth-order valence-electron chi connectivity index (χ4n) is 1.95. The number of nitrogens with zero attached hydrogens (tertiary/aromatic N) is 3. The Balaban J connectivity index is 1.85. The molecule has 1 amide bonds. The van der Waals surface area contributed by atoms with Crippen LogP contribution >= 0.6 is 11.6 Å². The third-order valence-corrected chi connectivity index (χ3v) is 3.44. The lowest BCUT2D eigenvalue weighted by Crippen LogP contribution is -2.33. The van der Waals surface area contributed by atoms with Gasteiger partial charge < -0.3 is 15.3 Å². The lowest BCUT2D eigenvalue weighted by Gasteiger charge is -2.18. The number of hydrogen-bond acceptors (Lipinski definition) is 4. The van der Waals surface area contributed by atoms with Crippen LogP contribution in [0.25, 0.3) is 0 Å². The van der Waals surface area contributed by atoms with E-state index in [0.717, 1.165) is 18.9 Å². The molecule has 112 valence electrons. The average Bonchev–Trinajstić information content (AvgIpc) is 3.25. The Kier molecular flexibility index (Phi) is 4.81. The van der Waals surface area contributed by atoms with Crippen molar-refractivity contribution in [3.05, 3.63) is 22.6 Å². The van der Waals surface area contributed by atoms with Crippen LogP contribution in [-0.2, 0) is 0 Å². The van der Waals surface area contributed by atoms with E-state index in [1.165, 1.54) is 4.90 Å². The molecule has 1 fully saturated rings. The number of hydrogen-bond donors (Lipinski definition) is 2. The zero-order chi connectivity index (χ0) is 15.4. The van der Waals surface area contributed by atoms with Crippen LogP contribution in [0.3, 0.4) is 0 Å². The van der Waals surface area contributed by atoms with E-state index >= 15 is 0 Å². The first-order valence-corrected chi connectivity index (χ1v) is 6.90. The van der Waals surface area contributed by atoms with E-state index in [4.69, 9.17) is 22.0 Å². The van der Waals surface area contributed by atoms with E-state index in [9.17, 15) is 9.18 Å². The van der Waals surface area contributed by atoms with E-state index in [2.05, 4.69) is 10.3 Å². The van der Waals surface area contributed by atoms with Gasteiger partial charge in [-0.15, -0.1) is 0 Å². The number of nitrogens with one attached hydrogen (secondary N) is 1. The smallest absolute Gasteiger partial charge is 0.407 e. The molecule has 0 spiro atoms. The first kappa shape index (κ1) is 15.3. The molecule has 8 heteroatoms. The summed E-state index contributed by atoms with van der Waals surface area (Å²) < 4.78 is 13.6. The lowest BCUT2D eigenvalue weighted by molar-refractivity contribution is 0.142. The SMILES string of the molecule is N#Cc1cc(F)c(NCCCN(C(=O)O)C2CC2)nc1Cl. The highest BCUT2D eigenvalue weighted by atomic mass is 35.5. The highest BCUT2D eigenvalue weighted by molar-refractivity contribution is 6.30. The summed E-state index contributed by atoms with van der Waals surface area (Å²) in [6.07, 6.45) is 1.41. The van der Waals surface area contributed by atoms with Gasteiger partial charge in [0.2, 0.25) is 0 Å². The topological polar surface area (TPSA) is 89.2 Å². The molecule has 2 N–H and O–H groups in total. The third kappa shape index (κ3) is 3.95. The number of halogens is 2. The molecule has 0 aliphatic heterocycles. The molecule has 0 bridgehead atoms. The summed E-state index contributed by atoms with van der Waals surface area (Å²) in [5.74, 6) is -0.694. The van der Waals surface area contributed by atoms with Gasteiger partial charge in [0.05, 0.1) is 5.56 Å². The van der Waals surface area contributed by atoms with Crippen LogP contribution in [0, 0.1) is 17.1 Å². The Labute approximate surface area is 126 Å². The predicted molar refractivity (Wildman–Crippen MR) is 74.8 cm³/mol. The van der Waals surface area contributed by atoms with Crippen LogP contribution in [0.2, 0.25) is 5.15 Å². The second-order valence-electron chi connectivity index (χ2n) is 4.76. The van der Waals surface area contributed by atoms with E-state index < -0.39 is 11.9 Å². The number of carbonyl (C=O) groups is 1. The average molecular weight is 313 g/mol. The van der Waals surface area contributed by atoms with Crippen LogP contribution in [0.5, 0.6) is 0 Å². The highest BCUT2D eigenvalue weighted by Crippen LogP contribution is 2.27. The largest absolute Gasteiger partial charge is 0.465 e. The quantitative estimate of drug-likeness (QED) is 0.622. The number of rotatable bonds is 6. The van der Waals surface area contributed by atoms with Crippen molar-refractivity contribution in [3.63, 3.8) is 0 Å². The number of aromatic nitrogens is 1. The molecule has 1 saturated carbocycles. The third-order valence-electron chi connectivity index (χ3n) is 3.15. The number of pyridine rings is 1. The maximum atomic E-state index is 13.6. The predicted octanol–water partition coefficient (Wildman–Crippen LogP) is 2.69. The maximum absolute atomic E-state index is 13.6. The molecule has 1 aliphatic carbocycles. The zero-order valence-corrected chi connectivity index (χ0v) is 11.9. The van der Waals surface area contributed by atoms with Crippen LogP contribution < -0.4 is 5.32 Å². The fraction of sp³-hybridized carbons (Fsp3) is 0.462. The molecular formula is C13H14ClFN4O2. The summed E-state index contributed by atoms with van der Waals surface area (Å²) in [5, 5.41) is 20.4. The molecule has 1 aliphatic rings. The van der Waals surface area contributed by atoms with Gasteiger partial charge in [-0.3, -0.25) is 0 Å². The van der Waals surface area contributed by atoms with Gasteiger partial charge in [-0.25, -0.2) is 14.2 Å². The van der Waals surface area contributed by atoms with E-state index in [1.807, 2.05) is 0 Å². The monoisotopic (exact) mass is 312 g/mol. The molecule has 1 heterocycles. The van der Waals surface area contributed by atoms with Crippen molar-refractivity contribution in [2.45, 2.75) is 25.3 Å². The maximum Gasteiger partial charge on any atom is 0.407 e. The van der Waals surface area contributed by atoms with Crippen LogP contribution in [0.15, 0.2) is 6.07 Å². The molecule has 0 radical (unpaired) electrons.